The highest BCUT2D eigenvalue weighted by atomic mass is 15.1. The summed E-state index contributed by atoms with van der Waals surface area (Å²) in [5, 5.41) is 4.99. The SMILES string of the molecule is c1ccc(-c2cccc(-c3ccc(N(c4cccc(-c5cccc6ccccc56)c4)c4cccc(-c5cccc6ccccc56)c4)cc3)c2)cc1. The van der Waals surface area contributed by atoms with Crippen molar-refractivity contribution in [3.63, 3.8) is 0 Å². The number of benzene rings is 9. The lowest BCUT2D eigenvalue weighted by atomic mass is 9.96. The quantitative estimate of drug-likeness (QED) is 0.166. The van der Waals surface area contributed by atoms with Crippen molar-refractivity contribution in [1.82, 2.24) is 0 Å². The summed E-state index contributed by atoms with van der Waals surface area (Å²) in [6.45, 7) is 0. The number of hydrogen-bond acceptors (Lipinski definition) is 1. The summed E-state index contributed by atoms with van der Waals surface area (Å²) in [6, 6.07) is 76.7. The van der Waals surface area contributed by atoms with Crippen LogP contribution in [0.3, 0.4) is 0 Å². The lowest BCUT2D eigenvalue weighted by Crippen LogP contribution is -2.10. The van der Waals surface area contributed by atoms with Gasteiger partial charge in [-0.1, -0.05) is 170 Å². The van der Waals surface area contributed by atoms with Gasteiger partial charge in [-0.2, -0.15) is 0 Å². The van der Waals surface area contributed by atoms with Crippen LogP contribution in [0, 0.1) is 0 Å². The van der Waals surface area contributed by atoms with E-state index in [-0.39, 0.29) is 0 Å². The van der Waals surface area contributed by atoms with Gasteiger partial charge in [0.2, 0.25) is 0 Å². The van der Waals surface area contributed by atoms with Crippen LogP contribution in [0.5, 0.6) is 0 Å². The molecule has 0 spiro atoms. The summed E-state index contributed by atoms with van der Waals surface area (Å²) >= 11 is 0. The Morgan fingerprint density at radius 1 is 0.235 bits per heavy atom. The summed E-state index contributed by atoms with van der Waals surface area (Å²) in [6.07, 6.45) is 0. The predicted octanol–water partition coefficient (Wildman–Crippen LogP) is 14.1. The molecular formula is C50H35N. The molecule has 9 rings (SSSR count). The van der Waals surface area contributed by atoms with Crippen LogP contribution in [0.1, 0.15) is 0 Å². The summed E-state index contributed by atoms with van der Waals surface area (Å²) < 4.78 is 0. The molecular weight excluding hydrogens is 615 g/mol. The van der Waals surface area contributed by atoms with Crippen molar-refractivity contribution < 1.29 is 0 Å². The third-order valence-electron chi connectivity index (χ3n) is 9.84. The molecule has 0 fully saturated rings. The number of hydrogen-bond donors (Lipinski definition) is 0. The van der Waals surface area contributed by atoms with Gasteiger partial charge in [0, 0.05) is 17.1 Å². The molecule has 0 saturated carbocycles. The Kier molecular flexibility index (Phi) is 7.92. The van der Waals surface area contributed by atoms with Crippen molar-refractivity contribution in [1.29, 1.82) is 0 Å². The molecule has 9 aromatic rings. The van der Waals surface area contributed by atoms with Gasteiger partial charge in [-0.05, 0) is 109 Å². The molecule has 0 bridgehead atoms. The van der Waals surface area contributed by atoms with Crippen LogP contribution in [-0.4, -0.2) is 0 Å². The average molecular weight is 650 g/mol. The molecule has 9 aromatic carbocycles. The topological polar surface area (TPSA) is 3.24 Å². The Morgan fingerprint density at radius 3 is 1.22 bits per heavy atom. The molecule has 0 radical (unpaired) electrons. The fourth-order valence-corrected chi connectivity index (χ4v) is 7.34. The maximum atomic E-state index is 2.38. The molecule has 0 amide bonds. The Bertz CT molecular complexity index is 2500. The number of fused-ring (bicyclic) bond motifs is 2. The first-order valence-corrected chi connectivity index (χ1v) is 17.5. The minimum atomic E-state index is 1.10. The van der Waals surface area contributed by atoms with E-state index in [2.05, 4.69) is 217 Å². The normalized spacial score (nSPS) is 11.1. The fourth-order valence-electron chi connectivity index (χ4n) is 7.34. The van der Waals surface area contributed by atoms with E-state index in [1.165, 1.54) is 66.1 Å². The Morgan fingerprint density at radius 2 is 0.647 bits per heavy atom. The Balaban J connectivity index is 1.17. The highest BCUT2D eigenvalue weighted by Crippen LogP contribution is 2.41. The van der Waals surface area contributed by atoms with Crippen molar-refractivity contribution in [2.75, 3.05) is 4.90 Å². The lowest BCUT2D eigenvalue weighted by molar-refractivity contribution is 1.28. The summed E-state index contributed by atoms with van der Waals surface area (Å²) in [5.74, 6) is 0. The van der Waals surface area contributed by atoms with Crippen molar-refractivity contribution in [2.45, 2.75) is 0 Å². The van der Waals surface area contributed by atoms with Gasteiger partial charge in [0.1, 0.15) is 0 Å². The van der Waals surface area contributed by atoms with Gasteiger partial charge >= 0.3 is 0 Å². The van der Waals surface area contributed by atoms with Gasteiger partial charge in [0.25, 0.3) is 0 Å². The average Bonchev–Trinajstić information content (AvgIpc) is 3.21. The molecule has 0 aliphatic rings. The van der Waals surface area contributed by atoms with E-state index in [1.807, 2.05) is 0 Å². The third-order valence-corrected chi connectivity index (χ3v) is 9.84. The van der Waals surface area contributed by atoms with Crippen LogP contribution in [0.2, 0.25) is 0 Å². The van der Waals surface area contributed by atoms with Gasteiger partial charge in [-0.15, -0.1) is 0 Å². The second-order valence-corrected chi connectivity index (χ2v) is 13.0. The molecule has 0 unspecified atom stereocenters. The van der Waals surface area contributed by atoms with E-state index in [4.69, 9.17) is 0 Å². The van der Waals surface area contributed by atoms with Crippen LogP contribution < -0.4 is 4.90 Å². The van der Waals surface area contributed by atoms with E-state index in [0.29, 0.717) is 0 Å². The Labute approximate surface area is 299 Å². The minimum Gasteiger partial charge on any atom is -0.310 e. The molecule has 0 aromatic heterocycles. The van der Waals surface area contributed by atoms with Gasteiger partial charge < -0.3 is 4.90 Å². The van der Waals surface area contributed by atoms with Crippen LogP contribution in [0.4, 0.5) is 17.1 Å². The zero-order valence-corrected chi connectivity index (χ0v) is 28.2. The first kappa shape index (κ1) is 30.4. The van der Waals surface area contributed by atoms with Gasteiger partial charge in [-0.3, -0.25) is 0 Å². The molecule has 1 heteroatoms. The molecule has 1 nitrogen and oxygen atoms in total. The van der Waals surface area contributed by atoms with E-state index >= 15 is 0 Å². The third kappa shape index (κ3) is 5.96. The molecule has 0 aliphatic heterocycles. The molecule has 51 heavy (non-hydrogen) atoms. The number of anilines is 3. The van der Waals surface area contributed by atoms with Crippen molar-refractivity contribution >= 4 is 38.6 Å². The second-order valence-electron chi connectivity index (χ2n) is 13.0. The van der Waals surface area contributed by atoms with Gasteiger partial charge in [0.05, 0.1) is 0 Å². The lowest BCUT2D eigenvalue weighted by Gasteiger charge is -2.27. The zero-order valence-electron chi connectivity index (χ0n) is 28.2. The molecule has 0 aliphatic carbocycles. The summed E-state index contributed by atoms with van der Waals surface area (Å²) in [5.41, 5.74) is 13.0. The first-order valence-electron chi connectivity index (χ1n) is 17.5. The first-order chi connectivity index (χ1) is 25.3. The van der Waals surface area contributed by atoms with E-state index in [1.54, 1.807) is 0 Å². The number of nitrogens with zero attached hydrogens (tertiary/aromatic N) is 1. The van der Waals surface area contributed by atoms with Crippen LogP contribution in [-0.2, 0) is 0 Å². The molecule has 0 saturated heterocycles. The predicted molar refractivity (Wildman–Crippen MR) is 218 cm³/mol. The monoisotopic (exact) mass is 649 g/mol. The van der Waals surface area contributed by atoms with E-state index in [9.17, 15) is 0 Å². The van der Waals surface area contributed by atoms with Crippen molar-refractivity contribution in [3.8, 4) is 44.5 Å². The highest BCUT2D eigenvalue weighted by Gasteiger charge is 2.16. The van der Waals surface area contributed by atoms with Crippen molar-refractivity contribution in [2.24, 2.45) is 0 Å². The smallest absolute Gasteiger partial charge is 0.0467 e. The van der Waals surface area contributed by atoms with E-state index in [0.717, 1.165) is 17.1 Å². The maximum Gasteiger partial charge on any atom is 0.0467 e. The summed E-state index contributed by atoms with van der Waals surface area (Å²) in [7, 11) is 0. The second kappa shape index (κ2) is 13.3. The maximum absolute atomic E-state index is 2.38. The Hall–Kier alpha value is -6.70. The van der Waals surface area contributed by atoms with Crippen LogP contribution >= 0.6 is 0 Å². The van der Waals surface area contributed by atoms with Crippen molar-refractivity contribution in [3.05, 3.63) is 212 Å². The van der Waals surface area contributed by atoms with Gasteiger partial charge in [0.15, 0.2) is 0 Å². The van der Waals surface area contributed by atoms with Crippen LogP contribution in [0.25, 0.3) is 66.1 Å². The molecule has 0 N–H and O–H groups in total. The standard InChI is InChI=1S/C50H35N/c1-2-13-36(14-3-1)40-19-8-20-41(33-40)37-29-31-44(32-30-37)51(45-23-9-21-42(34-45)49-27-11-17-38-15-4-6-25-47(38)49)46-24-10-22-43(35-46)50-28-12-18-39-16-5-7-26-48(39)50/h1-35H. The fraction of sp³-hybridized carbons (Fsp3) is 0. The van der Waals surface area contributed by atoms with Crippen LogP contribution in [0.15, 0.2) is 212 Å². The number of rotatable bonds is 7. The minimum absolute atomic E-state index is 1.10. The largest absolute Gasteiger partial charge is 0.310 e. The highest BCUT2D eigenvalue weighted by molar-refractivity contribution is 5.99. The molecule has 0 atom stereocenters. The van der Waals surface area contributed by atoms with Gasteiger partial charge in [-0.25, -0.2) is 0 Å². The summed E-state index contributed by atoms with van der Waals surface area (Å²) in [4.78, 5) is 2.38. The zero-order chi connectivity index (χ0) is 34.0. The molecule has 240 valence electrons. The van der Waals surface area contributed by atoms with E-state index < -0.39 is 0 Å². The molecule has 0 heterocycles.